The monoisotopic (exact) mass is 325 g/mol. The van der Waals surface area contributed by atoms with Crippen molar-refractivity contribution in [2.45, 2.75) is 13.5 Å². The van der Waals surface area contributed by atoms with Gasteiger partial charge in [0.2, 0.25) is 0 Å². The highest BCUT2D eigenvalue weighted by Crippen LogP contribution is 2.25. The Labute approximate surface area is 120 Å². The third kappa shape index (κ3) is 3.18. The van der Waals surface area contributed by atoms with Crippen LogP contribution < -0.4 is 10.5 Å². The summed E-state index contributed by atoms with van der Waals surface area (Å²) >= 11 is 9.50. The van der Waals surface area contributed by atoms with E-state index >= 15 is 0 Å². The smallest absolute Gasteiger partial charge is 0.122 e. The highest BCUT2D eigenvalue weighted by molar-refractivity contribution is 9.10. The van der Waals surface area contributed by atoms with Crippen molar-refractivity contribution >= 4 is 33.2 Å². The van der Waals surface area contributed by atoms with Crippen molar-refractivity contribution < 1.29 is 4.74 Å². The zero-order valence-electron chi connectivity index (χ0n) is 9.91. The molecule has 2 rings (SSSR count). The van der Waals surface area contributed by atoms with Gasteiger partial charge < -0.3 is 10.5 Å². The third-order valence-electron chi connectivity index (χ3n) is 2.59. The van der Waals surface area contributed by atoms with Crippen LogP contribution in [-0.4, -0.2) is 0 Å². The van der Waals surface area contributed by atoms with Gasteiger partial charge in [0.1, 0.15) is 12.4 Å². The second kappa shape index (κ2) is 5.63. The van der Waals surface area contributed by atoms with Gasteiger partial charge in [0.25, 0.3) is 0 Å². The van der Waals surface area contributed by atoms with E-state index in [1.165, 1.54) is 0 Å². The molecule has 0 heterocycles. The van der Waals surface area contributed by atoms with Crippen LogP contribution in [0.2, 0.25) is 5.02 Å². The van der Waals surface area contributed by atoms with Crippen molar-refractivity contribution in [2.75, 3.05) is 5.73 Å². The Morgan fingerprint density at radius 1 is 1.22 bits per heavy atom. The van der Waals surface area contributed by atoms with E-state index in [4.69, 9.17) is 22.1 Å². The Hall–Kier alpha value is -1.19. The molecule has 0 saturated heterocycles. The summed E-state index contributed by atoms with van der Waals surface area (Å²) in [5.74, 6) is 0.844. The lowest BCUT2D eigenvalue weighted by Crippen LogP contribution is -1.99. The van der Waals surface area contributed by atoms with Gasteiger partial charge in [0, 0.05) is 20.7 Å². The molecule has 0 fully saturated rings. The number of ether oxygens (including phenoxy) is 1. The van der Waals surface area contributed by atoms with Crippen LogP contribution in [0, 0.1) is 6.92 Å². The molecule has 0 radical (unpaired) electrons. The predicted molar refractivity (Wildman–Crippen MR) is 79.1 cm³/mol. The van der Waals surface area contributed by atoms with Gasteiger partial charge in [0.15, 0.2) is 0 Å². The van der Waals surface area contributed by atoms with Crippen LogP contribution in [0.5, 0.6) is 5.75 Å². The van der Waals surface area contributed by atoms with E-state index in [0.717, 1.165) is 21.3 Å². The maximum atomic E-state index is 6.08. The van der Waals surface area contributed by atoms with Gasteiger partial charge in [-0.1, -0.05) is 27.5 Å². The molecule has 2 aromatic carbocycles. The maximum Gasteiger partial charge on any atom is 0.122 e. The zero-order valence-corrected chi connectivity index (χ0v) is 12.3. The Kier molecular flexibility index (Phi) is 4.15. The highest BCUT2D eigenvalue weighted by Gasteiger charge is 2.04. The lowest BCUT2D eigenvalue weighted by atomic mass is 10.2. The van der Waals surface area contributed by atoms with Crippen LogP contribution in [0.15, 0.2) is 40.9 Å². The molecule has 0 amide bonds. The average molecular weight is 327 g/mol. The number of aryl methyl sites for hydroxylation is 1. The number of hydrogen-bond acceptors (Lipinski definition) is 2. The summed E-state index contributed by atoms with van der Waals surface area (Å²) in [5, 5.41) is 0.666. The lowest BCUT2D eigenvalue weighted by molar-refractivity contribution is 0.304. The molecule has 2 aromatic rings. The molecule has 0 aromatic heterocycles. The predicted octanol–water partition coefficient (Wildman–Crippen LogP) is 4.57. The minimum Gasteiger partial charge on any atom is -0.489 e. The average Bonchev–Trinajstić information content (AvgIpc) is 2.32. The first-order valence-corrected chi connectivity index (χ1v) is 6.66. The van der Waals surface area contributed by atoms with Crippen LogP contribution in [0.3, 0.4) is 0 Å². The largest absolute Gasteiger partial charge is 0.489 e. The Morgan fingerprint density at radius 2 is 2.00 bits per heavy atom. The number of hydrogen-bond donors (Lipinski definition) is 1. The van der Waals surface area contributed by atoms with Gasteiger partial charge in [-0.05, 0) is 48.9 Å². The molecular formula is C14H13BrClNO. The quantitative estimate of drug-likeness (QED) is 0.838. The molecule has 94 valence electrons. The number of nitrogens with two attached hydrogens (primary N) is 1. The SMILES string of the molecule is Cc1cc(Br)ccc1OCc1cc(N)ccc1Cl. The number of anilines is 1. The third-order valence-corrected chi connectivity index (χ3v) is 3.45. The molecule has 0 saturated carbocycles. The molecule has 18 heavy (non-hydrogen) atoms. The normalized spacial score (nSPS) is 10.4. The van der Waals surface area contributed by atoms with E-state index in [9.17, 15) is 0 Å². The summed E-state index contributed by atoms with van der Waals surface area (Å²) in [7, 11) is 0. The maximum absolute atomic E-state index is 6.08. The summed E-state index contributed by atoms with van der Waals surface area (Å²) in [6.45, 7) is 2.41. The van der Waals surface area contributed by atoms with Gasteiger partial charge in [-0.3, -0.25) is 0 Å². The summed E-state index contributed by atoms with van der Waals surface area (Å²) in [5.41, 5.74) is 8.37. The van der Waals surface area contributed by atoms with E-state index in [0.29, 0.717) is 17.3 Å². The molecular weight excluding hydrogens is 314 g/mol. The minimum atomic E-state index is 0.409. The van der Waals surface area contributed by atoms with Gasteiger partial charge >= 0.3 is 0 Å². The standard InChI is InChI=1S/C14H13BrClNO/c1-9-6-11(15)2-5-14(9)18-8-10-7-12(17)3-4-13(10)16/h2-7H,8,17H2,1H3. The van der Waals surface area contributed by atoms with E-state index in [-0.39, 0.29) is 0 Å². The van der Waals surface area contributed by atoms with Crippen LogP contribution in [0.25, 0.3) is 0 Å². The van der Waals surface area contributed by atoms with Crippen LogP contribution in [0.1, 0.15) is 11.1 Å². The summed E-state index contributed by atoms with van der Waals surface area (Å²) in [6, 6.07) is 11.3. The van der Waals surface area contributed by atoms with E-state index in [2.05, 4.69) is 15.9 Å². The first-order chi connectivity index (χ1) is 8.56. The van der Waals surface area contributed by atoms with Crippen molar-refractivity contribution in [1.29, 1.82) is 0 Å². The van der Waals surface area contributed by atoms with Gasteiger partial charge in [-0.25, -0.2) is 0 Å². The first kappa shape index (κ1) is 13.2. The van der Waals surface area contributed by atoms with Crippen molar-refractivity contribution in [3.8, 4) is 5.75 Å². The molecule has 0 aliphatic heterocycles. The molecule has 0 unspecified atom stereocenters. The van der Waals surface area contributed by atoms with E-state index < -0.39 is 0 Å². The number of benzene rings is 2. The van der Waals surface area contributed by atoms with Crippen LogP contribution in [0.4, 0.5) is 5.69 Å². The number of halogens is 2. The van der Waals surface area contributed by atoms with Crippen LogP contribution >= 0.6 is 27.5 Å². The summed E-state index contributed by atoms with van der Waals surface area (Å²) in [6.07, 6.45) is 0. The van der Waals surface area contributed by atoms with Crippen molar-refractivity contribution in [2.24, 2.45) is 0 Å². The van der Waals surface area contributed by atoms with E-state index in [1.807, 2.05) is 31.2 Å². The molecule has 0 aliphatic carbocycles. The second-order valence-corrected chi connectivity index (χ2v) is 5.37. The second-order valence-electron chi connectivity index (χ2n) is 4.05. The van der Waals surface area contributed by atoms with Crippen LogP contribution in [-0.2, 0) is 6.61 Å². The number of rotatable bonds is 3. The van der Waals surface area contributed by atoms with Gasteiger partial charge in [-0.15, -0.1) is 0 Å². The van der Waals surface area contributed by atoms with Crippen molar-refractivity contribution in [1.82, 2.24) is 0 Å². The Balaban J connectivity index is 2.13. The minimum absolute atomic E-state index is 0.409. The molecule has 0 spiro atoms. The van der Waals surface area contributed by atoms with Crippen molar-refractivity contribution in [3.05, 3.63) is 57.0 Å². The molecule has 2 N–H and O–H groups in total. The fourth-order valence-corrected chi connectivity index (χ4v) is 2.28. The molecule has 2 nitrogen and oxygen atoms in total. The fourth-order valence-electron chi connectivity index (χ4n) is 1.64. The Bertz CT molecular complexity index is 572. The Morgan fingerprint density at radius 3 is 2.72 bits per heavy atom. The van der Waals surface area contributed by atoms with E-state index in [1.54, 1.807) is 12.1 Å². The topological polar surface area (TPSA) is 35.2 Å². The van der Waals surface area contributed by atoms with Gasteiger partial charge in [-0.2, -0.15) is 0 Å². The van der Waals surface area contributed by atoms with Gasteiger partial charge in [0.05, 0.1) is 0 Å². The first-order valence-electron chi connectivity index (χ1n) is 5.49. The molecule has 4 heteroatoms. The summed E-state index contributed by atoms with van der Waals surface area (Å²) < 4.78 is 6.79. The van der Waals surface area contributed by atoms with Crippen molar-refractivity contribution in [3.63, 3.8) is 0 Å². The summed E-state index contributed by atoms with van der Waals surface area (Å²) in [4.78, 5) is 0. The molecule has 0 aliphatic rings. The highest BCUT2D eigenvalue weighted by atomic mass is 79.9. The number of nitrogen functional groups attached to an aromatic ring is 1. The molecule has 0 bridgehead atoms. The molecule has 0 atom stereocenters. The fraction of sp³-hybridized carbons (Fsp3) is 0.143. The zero-order chi connectivity index (χ0) is 13.1. The lowest BCUT2D eigenvalue weighted by Gasteiger charge is -2.11.